The third-order valence-corrected chi connectivity index (χ3v) is 5.70. The Morgan fingerprint density at radius 3 is 2.74 bits per heavy atom. The number of halogens is 2. The molecule has 1 aliphatic heterocycles. The Hall–Kier alpha value is -2.74. The summed E-state index contributed by atoms with van der Waals surface area (Å²) in [4.78, 5) is 17.3. The van der Waals surface area contributed by atoms with E-state index in [4.69, 9.17) is 16.3 Å². The first-order valence-electron chi connectivity index (χ1n) is 10.1. The summed E-state index contributed by atoms with van der Waals surface area (Å²) < 4.78 is 19.2. The molecule has 162 valence electrons. The molecule has 6 nitrogen and oxygen atoms in total. The van der Waals surface area contributed by atoms with E-state index in [2.05, 4.69) is 15.6 Å². The van der Waals surface area contributed by atoms with Gasteiger partial charge in [0.1, 0.15) is 11.6 Å². The second-order valence-corrected chi connectivity index (χ2v) is 7.95. The van der Waals surface area contributed by atoms with Crippen LogP contribution in [-0.4, -0.2) is 41.9 Å². The van der Waals surface area contributed by atoms with Crippen LogP contribution in [-0.2, 0) is 4.74 Å². The van der Waals surface area contributed by atoms with Crippen molar-refractivity contribution in [2.75, 3.05) is 25.1 Å². The van der Waals surface area contributed by atoms with Gasteiger partial charge in [0.25, 0.3) is 5.91 Å². The smallest absolute Gasteiger partial charge is 0.251 e. The summed E-state index contributed by atoms with van der Waals surface area (Å²) in [7, 11) is 0. The van der Waals surface area contributed by atoms with Crippen LogP contribution in [0.15, 0.2) is 48.7 Å². The van der Waals surface area contributed by atoms with Crippen LogP contribution in [0.2, 0.25) is 5.02 Å². The molecule has 8 heteroatoms. The second-order valence-electron chi connectivity index (χ2n) is 7.54. The molecule has 1 amide bonds. The van der Waals surface area contributed by atoms with Gasteiger partial charge in [0, 0.05) is 36.4 Å². The number of benzene rings is 2. The van der Waals surface area contributed by atoms with E-state index in [1.54, 1.807) is 24.4 Å². The predicted molar refractivity (Wildman–Crippen MR) is 118 cm³/mol. The highest BCUT2D eigenvalue weighted by molar-refractivity contribution is 6.30. The monoisotopic (exact) mass is 443 g/mol. The molecule has 31 heavy (non-hydrogen) atoms. The lowest BCUT2D eigenvalue weighted by molar-refractivity contribution is 0.0903. The number of anilines is 1. The number of carbonyl (C=O) groups excluding carboxylic acids is 1. The lowest BCUT2D eigenvalue weighted by Crippen LogP contribution is -2.30. The summed E-state index contributed by atoms with van der Waals surface area (Å²) >= 11 is 5.72. The molecule has 1 atom stereocenters. The fraction of sp³-hybridized carbons (Fsp3) is 0.304. The number of carbonyl (C=O) groups is 1. The molecular weight excluding hydrogens is 421 g/mol. The Bertz CT molecular complexity index is 1090. The van der Waals surface area contributed by atoms with Crippen LogP contribution in [0, 0.1) is 5.82 Å². The van der Waals surface area contributed by atoms with Gasteiger partial charge in [-0.15, -0.1) is 0 Å². The molecule has 0 unspecified atom stereocenters. The first-order valence-corrected chi connectivity index (χ1v) is 10.5. The Morgan fingerprint density at radius 1 is 1.19 bits per heavy atom. The van der Waals surface area contributed by atoms with E-state index >= 15 is 0 Å². The van der Waals surface area contributed by atoms with Gasteiger partial charge in [-0.1, -0.05) is 23.7 Å². The van der Waals surface area contributed by atoms with Crippen molar-refractivity contribution in [3.8, 4) is 0 Å². The van der Waals surface area contributed by atoms with Gasteiger partial charge in [0.05, 0.1) is 17.7 Å². The molecule has 1 fully saturated rings. The molecule has 3 N–H and O–H groups in total. The van der Waals surface area contributed by atoms with Crippen molar-refractivity contribution in [1.29, 1.82) is 0 Å². The van der Waals surface area contributed by atoms with E-state index < -0.39 is 11.9 Å². The number of pyridine rings is 1. The minimum atomic E-state index is -0.752. The molecule has 4 rings (SSSR count). The zero-order valence-corrected chi connectivity index (χ0v) is 17.5. The first kappa shape index (κ1) is 21.5. The van der Waals surface area contributed by atoms with Crippen molar-refractivity contribution >= 4 is 34.1 Å². The van der Waals surface area contributed by atoms with Crippen molar-refractivity contribution < 1.29 is 19.0 Å². The molecule has 2 aromatic carbocycles. The molecule has 1 aliphatic rings. The average Bonchev–Trinajstić information content (AvgIpc) is 2.79. The fourth-order valence-electron chi connectivity index (χ4n) is 3.62. The Kier molecular flexibility index (Phi) is 6.65. The largest absolute Gasteiger partial charge is 0.394 e. The maximum atomic E-state index is 13.8. The van der Waals surface area contributed by atoms with Gasteiger partial charge in [0.15, 0.2) is 0 Å². The third-order valence-electron chi connectivity index (χ3n) is 5.39. The summed E-state index contributed by atoms with van der Waals surface area (Å²) in [5.41, 5.74) is 0.870. The number of fused-ring (bicyclic) bond motifs is 1. The fourth-order valence-corrected chi connectivity index (χ4v) is 3.73. The van der Waals surface area contributed by atoms with Crippen LogP contribution in [0.4, 0.5) is 10.2 Å². The summed E-state index contributed by atoms with van der Waals surface area (Å²) in [5, 5.41) is 17.6. The van der Waals surface area contributed by atoms with Crippen LogP contribution in [0.25, 0.3) is 10.8 Å². The van der Waals surface area contributed by atoms with E-state index in [9.17, 15) is 14.3 Å². The van der Waals surface area contributed by atoms with Gasteiger partial charge in [0.2, 0.25) is 0 Å². The molecule has 1 aromatic heterocycles. The number of nitrogens with zero attached hydrogens (tertiary/aromatic N) is 1. The van der Waals surface area contributed by atoms with Crippen LogP contribution >= 0.6 is 11.6 Å². The van der Waals surface area contributed by atoms with Gasteiger partial charge in [-0.3, -0.25) is 4.79 Å². The SMILES string of the molecule is O=C(N[C@H](CO)c1ccc(Cl)c(F)c1)c1ccc2cnc(NC3CCOCC3)cc2c1. The van der Waals surface area contributed by atoms with Gasteiger partial charge in [-0.25, -0.2) is 9.37 Å². The standard InChI is InChI=1S/C23H23ClFN3O3/c24-19-4-3-14(10-20(19)25)21(13-29)28-23(30)15-1-2-16-12-26-22(11-17(16)9-15)27-18-5-7-31-8-6-18/h1-4,9-12,18,21,29H,5-8,13H2,(H,26,27)(H,28,30)/t21-/m1/s1. The number of hydrogen-bond donors (Lipinski definition) is 3. The third kappa shape index (κ3) is 5.12. The minimum absolute atomic E-state index is 0.0138. The van der Waals surface area contributed by atoms with Crippen molar-refractivity contribution in [3.63, 3.8) is 0 Å². The quantitative estimate of drug-likeness (QED) is 0.534. The average molecular weight is 444 g/mol. The summed E-state index contributed by atoms with van der Waals surface area (Å²) in [5.74, 6) is -0.219. The van der Waals surface area contributed by atoms with E-state index in [1.165, 1.54) is 12.1 Å². The number of rotatable bonds is 6. The number of aliphatic hydroxyl groups is 1. The molecule has 0 spiro atoms. The first-order chi connectivity index (χ1) is 15.0. The number of hydrogen-bond acceptors (Lipinski definition) is 5. The number of nitrogens with one attached hydrogen (secondary N) is 2. The highest BCUT2D eigenvalue weighted by Gasteiger charge is 2.17. The van der Waals surface area contributed by atoms with E-state index in [1.807, 2.05) is 12.1 Å². The Balaban J connectivity index is 1.51. The van der Waals surface area contributed by atoms with Crippen molar-refractivity contribution in [2.24, 2.45) is 0 Å². The van der Waals surface area contributed by atoms with Crippen molar-refractivity contribution in [3.05, 3.63) is 70.6 Å². The molecule has 0 bridgehead atoms. The van der Waals surface area contributed by atoms with E-state index in [-0.39, 0.29) is 17.5 Å². The zero-order valence-electron chi connectivity index (χ0n) is 16.8. The van der Waals surface area contributed by atoms with Crippen LogP contribution in [0.3, 0.4) is 0 Å². The number of aromatic nitrogens is 1. The highest BCUT2D eigenvalue weighted by atomic mass is 35.5. The van der Waals surface area contributed by atoms with Crippen molar-refractivity contribution in [2.45, 2.75) is 24.9 Å². The maximum absolute atomic E-state index is 13.8. The van der Waals surface area contributed by atoms with Crippen LogP contribution in [0.5, 0.6) is 0 Å². The van der Waals surface area contributed by atoms with Gasteiger partial charge >= 0.3 is 0 Å². The van der Waals surface area contributed by atoms with Gasteiger partial charge in [-0.05, 0) is 54.1 Å². The Morgan fingerprint density at radius 2 is 2.00 bits per heavy atom. The van der Waals surface area contributed by atoms with E-state index in [0.29, 0.717) is 17.2 Å². The lowest BCUT2D eigenvalue weighted by Gasteiger charge is -2.23. The number of amides is 1. The van der Waals surface area contributed by atoms with Crippen LogP contribution in [0.1, 0.15) is 34.8 Å². The summed E-state index contributed by atoms with van der Waals surface area (Å²) in [6, 6.07) is 11.0. The zero-order chi connectivity index (χ0) is 21.8. The summed E-state index contributed by atoms with van der Waals surface area (Å²) in [6.45, 7) is 1.10. The minimum Gasteiger partial charge on any atom is -0.394 e. The molecule has 0 radical (unpaired) electrons. The maximum Gasteiger partial charge on any atom is 0.251 e. The molecule has 2 heterocycles. The van der Waals surface area contributed by atoms with Crippen LogP contribution < -0.4 is 10.6 Å². The number of ether oxygens (including phenoxy) is 1. The topological polar surface area (TPSA) is 83.5 Å². The predicted octanol–water partition coefficient (Wildman–Crippen LogP) is 4.08. The lowest BCUT2D eigenvalue weighted by atomic mass is 10.0. The summed E-state index contributed by atoms with van der Waals surface area (Å²) in [6.07, 6.45) is 3.62. The highest BCUT2D eigenvalue weighted by Crippen LogP contribution is 2.23. The molecular formula is C23H23ClFN3O3. The van der Waals surface area contributed by atoms with E-state index in [0.717, 1.165) is 42.6 Å². The molecule has 3 aromatic rings. The molecule has 1 saturated heterocycles. The Labute approximate surface area is 184 Å². The van der Waals surface area contributed by atoms with Gasteiger partial charge < -0.3 is 20.5 Å². The molecule has 0 aliphatic carbocycles. The molecule has 0 saturated carbocycles. The second kappa shape index (κ2) is 9.60. The van der Waals surface area contributed by atoms with Gasteiger partial charge in [-0.2, -0.15) is 0 Å². The van der Waals surface area contributed by atoms with Crippen molar-refractivity contribution in [1.82, 2.24) is 10.3 Å². The number of aliphatic hydroxyl groups excluding tert-OH is 1. The normalized spacial score (nSPS) is 15.6.